The van der Waals surface area contributed by atoms with Gasteiger partial charge >= 0.3 is 0 Å². The SMILES string of the molecule is Cc1cccc(CCCNC(=O)[C@H]2COc3ccccc3O2)c1. The second-order valence-corrected chi connectivity index (χ2v) is 5.75. The molecule has 1 N–H and O–H groups in total. The molecule has 0 aromatic heterocycles. The molecule has 1 heterocycles. The summed E-state index contributed by atoms with van der Waals surface area (Å²) in [4.78, 5) is 12.2. The largest absolute Gasteiger partial charge is 0.485 e. The van der Waals surface area contributed by atoms with Gasteiger partial charge in [-0.2, -0.15) is 0 Å². The van der Waals surface area contributed by atoms with Crippen molar-refractivity contribution in [2.45, 2.75) is 25.9 Å². The number of para-hydroxylation sites is 2. The molecule has 4 nitrogen and oxygen atoms in total. The number of fused-ring (bicyclic) bond motifs is 1. The van der Waals surface area contributed by atoms with Gasteiger partial charge in [0.25, 0.3) is 5.91 Å². The van der Waals surface area contributed by atoms with Gasteiger partial charge < -0.3 is 14.8 Å². The fourth-order valence-electron chi connectivity index (χ4n) is 2.63. The Bertz CT molecular complexity index is 684. The minimum Gasteiger partial charge on any atom is -0.485 e. The van der Waals surface area contributed by atoms with Crippen LogP contribution in [-0.2, 0) is 11.2 Å². The molecule has 1 aliphatic heterocycles. The zero-order valence-electron chi connectivity index (χ0n) is 13.2. The fraction of sp³-hybridized carbons (Fsp3) is 0.316. The Morgan fingerprint density at radius 3 is 2.83 bits per heavy atom. The van der Waals surface area contributed by atoms with E-state index >= 15 is 0 Å². The summed E-state index contributed by atoms with van der Waals surface area (Å²) in [6.45, 7) is 2.97. The van der Waals surface area contributed by atoms with Gasteiger partial charge in [0.1, 0.15) is 6.61 Å². The van der Waals surface area contributed by atoms with Crippen LogP contribution in [0.1, 0.15) is 17.5 Å². The van der Waals surface area contributed by atoms with Gasteiger partial charge in [-0.15, -0.1) is 0 Å². The first-order valence-electron chi connectivity index (χ1n) is 7.94. The third kappa shape index (κ3) is 4.03. The van der Waals surface area contributed by atoms with Gasteiger partial charge in [-0.05, 0) is 37.5 Å². The van der Waals surface area contributed by atoms with E-state index in [4.69, 9.17) is 9.47 Å². The molecule has 1 amide bonds. The number of hydrogen-bond donors (Lipinski definition) is 1. The first-order chi connectivity index (χ1) is 11.2. The summed E-state index contributed by atoms with van der Waals surface area (Å²) in [5.74, 6) is 1.19. The molecule has 0 spiro atoms. The first kappa shape index (κ1) is 15.4. The van der Waals surface area contributed by atoms with E-state index in [9.17, 15) is 4.79 Å². The zero-order valence-corrected chi connectivity index (χ0v) is 13.2. The molecule has 0 unspecified atom stereocenters. The third-order valence-corrected chi connectivity index (χ3v) is 3.82. The van der Waals surface area contributed by atoms with Crippen LogP contribution in [0.3, 0.4) is 0 Å². The summed E-state index contributed by atoms with van der Waals surface area (Å²) in [6, 6.07) is 15.8. The molecule has 0 saturated heterocycles. The van der Waals surface area contributed by atoms with E-state index in [0.29, 0.717) is 18.0 Å². The average molecular weight is 311 g/mol. The van der Waals surface area contributed by atoms with Crippen molar-refractivity contribution in [3.8, 4) is 11.5 Å². The molecule has 0 saturated carbocycles. The molecular formula is C19H21NO3. The Labute approximate surface area is 136 Å². The van der Waals surface area contributed by atoms with Gasteiger partial charge in [-0.3, -0.25) is 4.79 Å². The van der Waals surface area contributed by atoms with Crippen molar-refractivity contribution in [1.29, 1.82) is 0 Å². The summed E-state index contributed by atoms with van der Waals surface area (Å²) >= 11 is 0. The van der Waals surface area contributed by atoms with Crippen molar-refractivity contribution in [2.24, 2.45) is 0 Å². The lowest BCUT2D eigenvalue weighted by Crippen LogP contribution is -2.44. The van der Waals surface area contributed by atoms with Crippen LogP contribution < -0.4 is 14.8 Å². The Morgan fingerprint density at radius 2 is 2.00 bits per heavy atom. The molecular weight excluding hydrogens is 290 g/mol. The van der Waals surface area contributed by atoms with Crippen LogP contribution in [0.25, 0.3) is 0 Å². The minimum absolute atomic E-state index is 0.122. The van der Waals surface area contributed by atoms with Crippen molar-refractivity contribution in [3.63, 3.8) is 0 Å². The van der Waals surface area contributed by atoms with E-state index in [1.54, 1.807) is 0 Å². The zero-order chi connectivity index (χ0) is 16.1. The maximum absolute atomic E-state index is 12.2. The molecule has 1 atom stereocenters. The highest BCUT2D eigenvalue weighted by Gasteiger charge is 2.26. The summed E-state index contributed by atoms with van der Waals surface area (Å²) < 4.78 is 11.2. The van der Waals surface area contributed by atoms with Gasteiger partial charge in [0.05, 0.1) is 0 Å². The van der Waals surface area contributed by atoms with Gasteiger partial charge in [-0.25, -0.2) is 0 Å². The van der Waals surface area contributed by atoms with Crippen LogP contribution in [0.5, 0.6) is 11.5 Å². The second-order valence-electron chi connectivity index (χ2n) is 5.75. The maximum atomic E-state index is 12.2. The monoisotopic (exact) mass is 311 g/mol. The van der Waals surface area contributed by atoms with Crippen LogP contribution in [0.2, 0.25) is 0 Å². The van der Waals surface area contributed by atoms with Crippen LogP contribution in [0, 0.1) is 6.92 Å². The molecule has 0 aliphatic carbocycles. The number of carbonyl (C=O) groups excluding carboxylic acids is 1. The molecule has 1 aliphatic rings. The molecule has 4 heteroatoms. The number of aryl methyl sites for hydroxylation is 2. The van der Waals surface area contributed by atoms with E-state index in [1.807, 2.05) is 24.3 Å². The van der Waals surface area contributed by atoms with Crippen LogP contribution in [-0.4, -0.2) is 25.2 Å². The van der Waals surface area contributed by atoms with Gasteiger partial charge in [0.15, 0.2) is 11.5 Å². The predicted octanol–water partition coefficient (Wildman–Crippen LogP) is 2.88. The molecule has 2 aromatic carbocycles. The van der Waals surface area contributed by atoms with E-state index in [1.165, 1.54) is 11.1 Å². The lowest BCUT2D eigenvalue weighted by Gasteiger charge is -2.25. The minimum atomic E-state index is -0.580. The summed E-state index contributed by atoms with van der Waals surface area (Å²) in [5.41, 5.74) is 2.56. The molecule has 3 rings (SSSR count). The Morgan fingerprint density at radius 1 is 1.17 bits per heavy atom. The van der Waals surface area contributed by atoms with Crippen LogP contribution >= 0.6 is 0 Å². The number of rotatable bonds is 5. The number of hydrogen-bond acceptors (Lipinski definition) is 3. The van der Waals surface area contributed by atoms with Crippen LogP contribution in [0.4, 0.5) is 0 Å². The Balaban J connectivity index is 1.43. The highest BCUT2D eigenvalue weighted by molar-refractivity contribution is 5.81. The number of ether oxygens (including phenoxy) is 2. The summed E-state index contributed by atoms with van der Waals surface area (Å²) in [7, 11) is 0. The van der Waals surface area contributed by atoms with E-state index in [-0.39, 0.29) is 12.5 Å². The quantitative estimate of drug-likeness (QED) is 0.864. The molecule has 2 aromatic rings. The molecule has 0 radical (unpaired) electrons. The van der Waals surface area contributed by atoms with Crippen molar-refractivity contribution in [2.75, 3.05) is 13.2 Å². The lowest BCUT2D eigenvalue weighted by molar-refractivity contribution is -0.130. The summed E-state index contributed by atoms with van der Waals surface area (Å²) in [5, 5.41) is 2.92. The smallest absolute Gasteiger partial charge is 0.264 e. The van der Waals surface area contributed by atoms with Crippen molar-refractivity contribution >= 4 is 5.91 Å². The highest BCUT2D eigenvalue weighted by Crippen LogP contribution is 2.30. The van der Waals surface area contributed by atoms with Gasteiger partial charge in [0, 0.05) is 6.54 Å². The predicted molar refractivity (Wildman–Crippen MR) is 88.9 cm³/mol. The van der Waals surface area contributed by atoms with Crippen LogP contribution in [0.15, 0.2) is 48.5 Å². The second kappa shape index (κ2) is 7.18. The Hall–Kier alpha value is -2.49. The summed E-state index contributed by atoms with van der Waals surface area (Å²) in [6.07, 6.45) is 1.27. The van der Waals surface area contributed by atoms with E-state index in [2.05, 4.69) is 36.5 Å². The molecule has 0 fully saturated rings. The van der Waals surface area contributed by atoms with E-state index < -0.39 is 6.10 Å². The normalized spacial score (nSPS) is 16.0. The lowest BCUT2D eigenvalue weighted by atomic mass is 10.1. The van der Waals surface area contributed by atoms with Crippen molar-refractivity contribution in [3.05, 3.63) is 59.7 Å². The maximum Gasteiger partial charge on any atom is 0.264 e. The standard InChI is InChI=1S/C19H21NO3/c1-14-6-4-7-15(12-14)8-5-11-20-19(21)18-13-22-16-9-2-3-10-17(16)23-18/h2-4,6-7,9-10,12,18H,5,8,11,13H2,1H3,(H,20,21)/t18-/m1/s1. The average Bonchev–Trinajstić information content (AvgIpc) is 2.58. The number of carbonyl (C=O) groups is 1. The first-order valence-corrected chi connectivity index (χ1v) is 7.94. The molecule has 120 valence electrons. The molecule has 23 heavy (non-hydrogen) atoms. The van der Waals surface area contributed by atoms with Gasteiger partial charge in [0.2, 0.25) is 6.10 Å². The topological polar surface area (TPSA) is 47.6 Å². The third-order valence-electron chi connectivity index (χ3n) is 3.82. The molecule has 0 bridgehead atoms. The van der Waals surface area contributed by atoms with Crippen molar-refractivity contribution < 1.29 is 14.3 Å². The number of benzene rings is 2. The van der Waals surface area contributed by atoms with E-state index in [0.717, 1.165) is 12.8 Å². The highest BCUT2D eigenvalue weighted by atomic mass is 16.6. The Kier molecular flexibility index (Phi) is 4.81. The fourth-order valence-corrected chi connectivity index (χ4v) is 2.63. The number of amides is 1. The van der Waals surface area contributed by atoms with Crippen molar-refractivity contribution in [1.82, 2.24) is 5.32 Å². The number of nitrogens with one attached hydrogen (secondary N) is 1. The van der Waals surface area contributed by atoms with Gasteiger partial charge in [-0.1, -0.05) is 42.0 Å².